The molecular formula is C24H29N3O4S. The Morgan fingerprint density at radius 3 is 2.69 bits per heavy atom. The molecule has 4 rings (SSSR count). The molecule has 0 aliphatic carbocycles. The van der Waals surface area contributed by atoms with Crippen LogP contribution in [0.2, 0.25) is 0 Å². The minimum Gasteiger partial charge on any atom is -0.492 e. The fourth-order valence-electron chi connectivity index (χ4n) is 3.55. The molecule has 170 valence electrons. The Balaban J connectivity index is 1.53. The van der Waals surface area contributed by atoms with Gasteiger partial charge in [-0.25, -0.2) is 4.98 Å². The number of amides is 1. The molecule has 1 fully saturated rings. The lowest BCUT2D eigenvalue weighted by molar-refractivity contribution is -0.120. The molecule has 32 heavy (non-hydrogen) atoms. The highest BCUT2D eigenvalue weighted by Crippen LogP contribution is 2.34. The number of aryl methyl sites for hydroxylation is 1. The van der Waals surface area contributed by atoms with E-state index in [4.69, 9.17) is 19.2 Å². The molecule has 1 amide bonds. The Morgan fingerprint density at radius 2 is 1.94 bits per heavy atom. The Morgan fingerprint density at radius 1 is 1.16 bits per heavy atom. The monoisotopic (exact) mass is 455 g/mol. The molecule has 1 aromatic heterocycles. The average Bonchev–Trinajstić information content (AvgIpc) is 3.25. The van der Waals surface area contributed by atoms with Crippen molar-refractivity contribution in [1.82, 2.24) is 9.88 Å². The van der Waals surface area contributed by atoms with Gasteiger partial charge < -0.3 is 14.2 Å². The summed E-state index contributed by atoms with van der Waals surface area (Å²) >= 11 is 1.50. The number of benzene rings is 2. The molecule has 0 unspecified atom stereocenters. The number of rotatable bonds is 9. The maximum Gasteiger partial charge on any atom is 0.266 e. The molecule has 0 atom stereocenters. The molecule has 0 N–H and O–H groups in total. The van der Waals surface area contributed by atoms with Crippen LogP contribution < -0.4 is 14.4 Å². The summed E-state index contributed by atoms with van der Waals surface area (Å²) in [6.45, 7) is 8.99. The molecule has 0 spiro atoms. The van der Waals surface area contributed by atoms with Crippen LogP contribution in [0.3, 0.4) is 0 Å². The molecule has 8 heteroatoms. The van der Waals surface area contributed by atoms with Crippen LogP contribution in [0.5, 0.6) is 11.5 Å². The second-order valence-electron chi connectivity index (χ2n) is 7.63. The van der Waals surface area contributed by atoms with Crippen molar-refractivity contribution >= 4 is 32.6 Å². The number of para-hydroxylation sites is 1. The van der Waals surface area contributed by atoms with E-state index in [9.17, 15) is 4.79 Å². The first-order valence-electron chi connectivity index (χ1n) is 11.0. The van der Waals surface area contributed by atoms with Crippen LogP contribution in [0.4, 0.5) is 5.13 Å². The summed E-state index contributed by atoms with van der Waals surface area (Å²) in [5, 5.41) is 0.665. The van der Waals surface area contributed by atoms with E-state index >= 15 is 0 Å². The molecule has 2 heterocycles. The van der Waals surface area contributed by atoms with E-state index in [2.05, 4.69) is 4.90 Å². The lowest BCUT2D eigenvalue weighted by atomic mass is 10.2. The summed E-state index contributed by atoms with van der Waals surface area (Å²) in [6, 6.07) is 13.6. The molecule has 7 nitrogen and oxygen atoms in total. The standard InChI is InChI=1S/C24H29N3O4S/c1-3-30-20-5-4-6-21-23(20)25-24(32-21)27(12-11-26-13-15-29-16-14-26)22(28)17-31-19-9-7-18(2)8-10-19/h4-10H,3,11-17H2,1-2H3. The number of fused-ring (bicyclic) bond motifs is 1. The lowest BCUT2D eigenvalue weighted by Crippen LogP contribution is -2.44. The van der Waals surface area contributed by atoms with E-state index in [1.54, 1.807) is 4.90 Å². The second-order valence-corrected chi connectivity index (χ2v) is 8.64. The third-order valence-electron chi connectivity index (χ3n) is 5.33. The van der Waals surface area contributed by atoms with E-state index in [1.807, 2.05) is 56.3 Å². The van der Waals surface area contributed by atoms with Crippen LogP contribution in [0.1, 0.15) is 12.5 Å². The van der Waals surface area contributed by atoms with Gasteiger partial charge in [-0.05, 0) is 38.1 Å². The van der Waals surface area contributed by atoms with E-state index < -0.39 is 0 Å². The molecular weight excluding hydrogens is 426 g/mol. The van der Waals surface area contributed by atoms with Gasteiger partial charge >= 0.3 is 0 Å². The van der Waals surface area contributed by atoms with Crippen molar-refractivity contribution in [3.8, 4) is 11.5 Å². The van der Waals surface area contributed by atoms with Gasteiger partial charge in [-0.15, -0.1) is 0 Å². The summed E-state index contributed by atoms with van der Waals surface area (Å²) < 4.78 is 18.0. The van der Waals surface area contributed by atoms with Crippen molar-refractivity contribution in [2.45, 2.75) is 13.8 Å². The molecule has 1 aliphatic heterocycles. The topological polar surface area (TPSA) is 64.1 Å². The number of ether oxygens (including phenoxy) is 3. The van der Waals surface area contributed by atoms with Gasteiger partial charge in [-0.1, -0.05) is 35.1 Å². The summed E-state index contributed by atoms with van der Waals surface area (Å²) in [7, 11) is 0. The Kier molecular flexibility index (Phi) is 7.57. The maximum atomic E-state index is 13.2. The highest BCUT2D eigenvalue weighted by Gasteiger charge is 2.23. The van der Waals surface area contributed by atoms with E-state index in [1.165, 1.54) is 11.3 Å². The van der Waals surface area contributed by atoms with Crippen molar-refractivity contribution in [1.29, 1.82) is 0 Å². The summed E-state index contributed by atoms with van der Waals surface area (Å²) in [4.78, 5) is 22.1. The molecule has 0 bridgehead atoms. The Bertz CT molecular complexity index is 1030. The number of hydrogen-bond donors (Lipinski definition) is 0. The van der Waals surface area contributed by atoms with Gasteiger partial charge in [0, 0.05) is 26.2 Å². The molecule has 3 aromatic rings. The summed E-state index contributed by atoms with van der Waals surface area (Å²) in [5.74, 6) is 1.31. The zero-order chi connectivity index (χ0) is 22.3. The molecule has 2 aromatic carbocycles. The zero-order valence-electron chi connectivity index (χ0n) is 18.6. The van der Waals surface area contributed by atoms with E-state index in [0.717, 1.165) is 54.4 Å². The van der Waals surface area contributed by atoms with Crippen molar-refractivity contribution < 1.29 is 19.0 Å². The van der Waals surface area contributed by atoms with Gasteiger partial charge in [-0.2, -0.15) is 0 Å². The molecule has 1 aliphatic rings. The average molecular weight is 456 g/mol. The highest BCUT2D eigenvalue weighted by molar-refractivity contribution is 7.22. The number of anilines is 1. The smallest absolute Gasteiger partial charge is 0.266 e. The normalized spacial score (nSPS) is 14.4. The number of carbonyl (C=O) groups is 1. The number of thiazole rings is 1. The SMILES string of the molecule is CCOc1cccc2sc(N(CCN3CCOCC3)C(=O)COc3ccc(C)cc3)nc12. The van der Waals surface area contributed by atoms with Crippen LogP contribution in [0.25, 0.3) is 10.2 Å². The number of nitrogens with zero attached hydrogens (tertiary/aromatic N) is 3. The van der Waals surface area contributed by atoms with E-state index in [-0.39, 0.29) is 12.5 Å². The molecule has 0 saturated carbocycles. The van der Waals surface area contributed by atoms with Gasteiger partial charge in [0.05, 0.1) is 24.5 Å². The number of hydrogen-bond acceptors (Lipinski definition) is 7. The van der Waals surface area contributed by atoms with Gasteiger partial charge in [0.25, 0.3) is 5.91 Å². The third kappa shape index (κ3) is 5.56. The fourth-order valence-corrected chi connectivity index (χ4v) is 4.58. The van der Waals surface area contributed by atoms with Crippen molar-refractivity contribution in [2.75, 3.05) is 57.5 Å². The first kappa shape index (κ1) is 22.5. The van der Waals surface area contributed by atoms with Crippen LogP contribution in [-0.4, -0.2) is 68.4 Å². The Hall–Kier alpha value is -2.68. The summed E-state index contributed by atoms with van der Waals surface area (Å²) in [6.07, 6.45) is 0. The third-order valence-corrected chi connectivity index (χ3v) is 6.37. The van der Waals surface area contributed by atoms with E-state index in [0.29, 0.717) is 24.0 Å². The van der Waals surface area contributed by atoms with Gasteiger partial charge in [0.2, 0.25) is 0 Å². The molecule has 1 saturated heterocycles. The van der Waals surface area contributed by atoms with Crippen molar-refractivity contribution in [3.05, 3.63) is 48.0 Å². The number of carbonyl (C=O) groups excluding carboxylic acids is 1. The number of aromatic nitrogens is 1. The van der Waals surface area contributed by atoms with Crippen LogP contribution in [0, 0.1) is 6.92 Å². The predicted molar refractivity (Wildman–Crippen MR) is 127 cm³/mol. The number of morpholine rings is 1. The quantitative estimate of drug-likeness (QED) is 0.490. The van der Waals surface area contributed by atoms with Gasteiger partial charge in [0.1, 0.15) is 17.0 Å². The molecule has 0 radical (unpaired) electrons. The predicted octanol–water partition coefficient (Wildman–Crippen LogP) is 3.75. The zero-order valence-corrected chi connectivity index (χ0v) is 19.4. The van der Waals surface area contributed by atoms with Crippen LogP contribution in [0.15, 0.2) is 42.5 Å². The fraction of sp³-hybridized carbons (Fsp3) is 0.417. The Labute approximate surface area is 192 Å². The largest absolute Gasteiger partial charge is 0.492 e. The first-order chi connectivity index (χ1) is 15.6. The van der Waals surface area contributed by atoms with Crippen molar-refractivity contribution in [3.63, 3.8) is 0 Å². The highest BCUT2D eigenvalue weighted by atomic mass is 32.1. The minimum atomic E-state index is -0.115. The van der Waals surface area contributed by atoms with Crippen molar-refractivity contribution in [2.24, 2.45) is 0 Å². The maximum absolute atomic E-state index is 13.2. The van der Waals surface area contributed by atoms with Crippen LogP contribution in [-0.2, 0) is 9.53 Å². The summed E-state index contributed by atoms with van der Waals surface area (Å²) in [5.41, 5.74) is 1.94. The second kappa shape index (κ2) is 10.8. The van der Waals surface area contributed by atoms with Gasteiger partial charge in [-0.3, -0.25) is 14.6 Å². The lowest BCUT2D eigenvalue weighted by Gasteiger charge is -2.29. The van der Waals surface area contributed by atoms with Gasteiger partial charge in [0.15, 0.2) is 11.7 Å². The minimum absolute atomic E-state index is 0.0413. The first-order valence-corrected chi connectivity index (χ1v) is 11.8. The van der Waals surface area contributed by atoms with Crippen LogP contribution >= 0.6 is 11.3 Å².